The standard InChI is InChI=1S/C9H11N3O6S/c1-19(17,18)3-2-10-8-7(12(15)16)4-6(5-11-8)9(13)14/h4-5H,2-3H2,1H3,(H,10,11)(H,13,14). The third-order valence-corrected chi connectivity index (χ3v) is 3.02. The zero-order valence-electron chi connectivity index (χ0n) is 9.86. The molecule has 9 nitrogen and oxygen atoms in total. The topological polar surface area (TPSA) is 140 Å². The number of aromatic carboxylic acids is 1. The van der Waals surface area contributed by atoms with Gasteiger partial charge in [-0.05, 0) is 0 Å². The second-order valence-corrected chi connectivity index (χ2v) is 5.97. The second kappa shape index (κ2) is 5.61. The first-order valence-corrected chi connectivity index (χ1v) is 7.06. The molecular formula is C9H11N3O6S. The highest BCUT2D eigenvalue weighted by molar-refractivity contribution is 7.90. The lowest BCUT2D eigenvalue weighted by molar-refractivity contribution is -0.384. The van der Waals surface area contributed by atoms with Gasteiger partial charge in [-0.1, -0.05) is 0 Å². The number of hydrogen-bond acceptors (Lipinski definition) is 7. The van der Waals surface area contributed by atoms with E-state index in [2.05, 4.69) is 10.3 Å². The van der Waals surface area contributed by atoms with Crippen molar-refractivity contribution >= 4 is 27.3 Å². The minimum Gasteiger partial charge on any atom is -0.478 e. The summed E-state index contributed by atoms with van der Waals surface area (Å²) >= 11 is 0. The number of hydrogen-bond donors (Lipinski definition) is 2. The van der Waals surface area contributed by atoms with Gasteiger partial charge in [0.1, 0.15) is 9.84 Å². The second-order valence-electron chi connectivity index (χ2n) is 3.71. The van der Waals surface area contributed by atoms with Crippen molar-refractivity contribution in [3.05, 3.63) is 27.9 Å². The molecule has 19 heavy (non-hydrogen) atoms. The molecule has 0 aliphatic carbocycles. The maximum Gasteiger partial charge on any atom is 0.337 e. The van der Waals surface area contributed by atoms with E-state index in [1.165, 1.54) is 0 Å². The van der Waals surface area contributed by atoms with Gasteiger partial charge in [-0.25, -0.2) is 18.2 Å². The molecule has 10 heteroatoms. The molecule has 0 saturated carbocycles. The number of carboxylic acid groups (broad SMARTS) is 1. The van der Waals surface area contributed by atoms with Crippen molar-refractivity contribution in [1.29, 1.82) is 0 Å². The Kier molecular flexibility index (Phi) is 4.38. The van der Waals surface area contributed by atoms with Crippen LogP contribution in [0.15, 0.2) is 12.3 Å². The highest BCUT2D eigenvalue weighted by atomic mass is 32.2. The maximum atomic E-state index is 10.9. The zero-order chi connectivity index (χ0) is 14.6. The van der Waals surface area contributed by atoms with Gasteiger partial charge in [0.25, 0.3) is 0 Å². The molecule has 0 aliphatic rings. The fourth-order valence-electron chi connectivity index (χ4n) is 1.20. The summed E-state index contributed by atoms with van der Waals surface area (Å²) in [5.74, 6) is -1.72. The first kappa shape index (κ1) is 14.8. The smallest absolute Gasteiger partial charge is 0.337 e. The van der Waals surface area contributed by atoms with Crippen LogP contribution < -0.4 is 5.32 Å². The number of nitro groups is 1. The normalized spacial score (nSPS) is 11.0. The quantitative estimate of drug-likeness (QED) is 0.557. The van der Waals surface area contributed by atoms with Crippen LogP contribution in [0, 0.1) is 10.1 Å². The predicted molar refractivity (Wildman–Crippen MR) is 66.1 cm³/mol. The molecule has 0 bridgehead atoms. The molecule has 0 radical (unpaired) electrons. The van der Waals surface area contributed by atoms with E-state index in [0.717, 1.165) is 18.5 Å². The van der Waals surface area contributed by atoms with Gasteiger partial charge in [-0.3, -0.25) is 10.1 Å². The van der Waals surface area contributed by atoms with Gasteiger partial charge < -0.3 is 10.4 Å². The third-order valence-electron chi connectivity index (χ3n) is 2.08. The number of rotatable bonds is 6. The molecule has 1 heterocycles. The summed E-state index contributed by atoms with van der Waals surface area (Å²) in [7, 11) is -3.20. The third kappa shape index (κ3) is 4.50. The Morgan fingerprint density at radius 3 is 2.68 bits per heavy atom. The SMILES string of the molecule is CS(=O)(=O)CCNc1ncc(C(=O)O)cc1[N+](=O)[O-]. The molecule has 0 fully saturated rings. The molecule has 1 aromatic rings. The van der Waals surface area contributed by atoms with Crippen molar-refractivity contribution in [3.8, 4) is 0 Å². The maximum absolute atomic E-state index is 10.9. The van der Waals surface area contributed by atoms with Gasteiger partial charge in [0, 0.05) is 25.1 Å². The minimum atomic E-state index is -3.20. The van der Waals surface area contributed by atoms with E-state index < -0.39 is 26.4 Å². The van der Waals surface area contributed by atoms with Gasteiger partial charge in [0.05, 0.1) is 16.2 Å². The predicted octanol–water partition coefficient (Wildman–Crippen LogP) is 0.144. The van der Waals surface area contributed by atoms with Crippen molar-refractivity contribution in [2.75, 3.05) is 23.9 Å². The molecule has 0 unspecified atom stereocenters. The van der Waals surface area contributed by atoms with E-state index in [1.54, 1.807) is 0 Å². The molecular weight excluding hydrogens is 278 g/mol. The Morgan fingerprint density at radius 1 is 1.58 bits per heavy atom. The molecule has 0 aliphatic heterocycles. The lowest BCUT2D eigenvalue weighted by Gasteiger charge is -2.05. The molecule has 0 aromatic carbocycles. The largest absolute Gasteiger partial charge is 0.478 e. The van der Waals surface area contributed by atoms with Crippen molar-refractivity contribution < 1.29 is 23.2 Å². The number of nitrogens with one attached hydrogen (secondary N) is 1. The number of sulfone groups is 1. The summed E-state index contributed by atoms with van der Waals surface area (Å²) in [5.41, 5.74) is -0.839. The van der Waals surface area contributed by atoms with E-state index in [4.69, 9.17) is 5.11 Å². The first-order chi connectivity index (χ1) is 8.70. The van der Waals surface area contributed by atoms with E-state index in [9.17, 15) is 23.3 Å². The Hall–Kier alpha value is -2.23. The Morgan fingerprint density at radius 2 is 2.21 bits per heavy atom. The van der Waals surface area contributed by atoms with Crippen LogP contribution in [0.1, 0.15) is 10.4 Å². The summed E-state index contributed by atoms with van der Waals surface area (Å²) in [5, 5.41) is 22.0. The van der Waals surface area contributed by atoms with Gasteiger partial charge in [-0.15, -0.1) is 0 Å². The van der Waals surface area contributed by atoms with Crippen LogP contribution >= 0.6 is 0 Å². The minimum absolute atomic E-state index is 0.0565. The summed E-state index contributed by atoms with van der Waals surface area (Å²) in [6, 6.07) is 0.859. The number of pyridine rings is 1. The summed E-state index contributed by atoms with van der Waals surface area (Å²) < 4.78 is 21.8. The summed E-state index contributed by atoms with van der Waals surface area (Å²) in [6.07, 6.45) is 1.99. The van der Waals surface area contributed by atoms with Crippen LogP contribution in [0.3, 0.4) is 0 Å². The van der Waals surface area contributed by atoms with E-state index in [-0.39, 0.29) is 23.7 Å². The van der Waals surface area contributed by atoms with Gasteiger partial charge >= 0.3 is 11.7 Å². The van der Waals surface area contributed by atoms with Gasteiger partial charge in [0.2, 0.25) is 5.82 Å². The van der Waals surface area contributed by atoms with Gasteiger partial charge in [0.15, 0.2) is 0 Å². The van der Waals surface area contributed by atoms with Crippen LogP contribution in [-0.2, 0) is 9.84 Å². The zero-order valence-corrected chi connectivity index (χ0v) is 10.7. The summed E-state index contributed by atoms with van der Waals surface area (Å²) in [6.45, 7) is -0.0565. The lowest BCUT2D eigenvalue weighted by atomic mass is 10.2. The van der Waals surface area contributed by atoms with Crippen LogP contribution in [0.2, 0.25) is 0 Å². The van der Waals surface area contributed by atoms with Crippen LogP contribution in [-0.4, -0.2) is 48.0 Å². The van der Waals surface area contributed by atoms with Crippen molar-refractivity contribution in [1.82, 2.24) is 4.98 Å². The van der Waals surface area contributed by atoms with Crippen LogP contribution in [0.25, 0.3) is 0 Å². The first-order valence-electron chi connectivity index (χ1n) is 5.00. The highest BCUT2D eigenvalue weighted by Gasteiger charge is 2.18. The fraction of sp³-hybridized carbons (Fsp3) is 0.333. The molecule has 1 aromatic heterocycles. The average molecular weight is 289 g/mol. The molecule has 0 saturated heterocycles. The van der Waals surface area contributed by atoms with Crippen molar-refractivity contribution in [2.45, 2.75) is 0 Å². The molecule has 0 amide bonds. The van der Waals surface area contributed by atoms with Gasteiger partial charge in [-0.2, -0.15) is 0 Å². The fourth-order valence-corrected chi connectivity index (χ4v) is 1.67. The van der Waals surface area contributed by atoms with Crippen LogP contribution in [0.5, 0.6) is 0 Å². The van der Waals surface area contributed by atoms with Crippen molar-refractivity contribution in [2.24, 2.45) is 0 Å². The van der Waals surface area contributed by atoms with E-state index in [1.807, 2.05) is 0 Å². The number of anilines is 1. The Balaban J connectivity index is 2.94. The molecule has 2 N–H and O–H groups in total. The highest BCUT2D eigenvalue weighted by Crippen LogP contribution is 2.22. The molecule has 1 rings (SSSR count). The monoisotopic (exact) mass is 289 g/mol. The summed E-state index contributed by atoms with van der Waals surface area (Å²) in [4.78, 5) is 24.3. The average Bonchev–Trinajstić information content (AvgIpc) is 2.27. The number of carboxylic acids is 1. The molecule has 0 spiro atoms. The number of carbonyl (C=O) groups is 1. The van der Waals surface area contributed by atoms with E-state index in [0.29, 0.717) is 0 Å². The Bertz CT molecular complexity index is 612. The van der Waals surface area contributed by atoms with E-state index >= 15 is 0 Å². The number of aromatic nitrogens is 1. The Labute approximate surface area is 108 Å². The lowest BCUT2D eigenvalue weighted by Crippen LogP contribution is -2.16. The molecule has 104 valence electrons. The molecule has 0 atom stereocenters. The number of nitrogens with zero attached hydrogens (tertiary/aromatic N) is 2. The van der Waals surface area contributed by atoms with Crippen LogP contribution in [0.4, 0.5) is 11.5 Å². The van der Waals surface area contributed by atoms with Crippen molar-refractivity contribution in [3.63, 3.8) is 0 Å².